The lowest BCUT2D eigenvalue weighted by molar-refractivity contribution is -0.141. The molecule has 3 atom stereocenters. The maximum Gasteiger partial charge on any atom is 0.306 e. The molecule has 0 radical (unpaired) electrons. The maximum atomic E-state index is 12.6. The highest BCUT2D eigenvalue weighted by Crippen LogP contribution is 2.05. The first-order valence-corrected chi connectivity index (χ1v) is 10.7. The van der Waals surface area contributed by atoms with Gasteiger partial charge in [0.2, 0.25) is 17.7 Å². The van der Waals surface area contributed by atoms with Crippen LogP contribution in [0.1, 0.15) is 38.2 Å². The van der Waals surface area contributed by atoms with E-state index in [0.717, 1.165) is 5.56 Å². The summed E-state index contributed by atoms with van der Waals surface area (Å²) < 4.78 is 0. The normalized spacial score (nSPS) is 13.5. The fourth-order valence-electron chi connectivity index (χ4n) is 2.79. The number of nitrogens with two attached hydrogens (primary N) is 1. The number of nitrogens with one attached hydrogen (secondary N) is 3. The van der Waals surface area contributed by atoms with Crippen molar-refractivity contribution in [1.82, 2.24) is 16.0 Å². The Labute approximate surface area is 187 Å². The highest BCUT2D eigenvalue weighted by Gasteiger charge is 2.23. The number of hydrogen-bond donors (Lipinski definition) is 6. The molecule has 0 aliphatic heterocycles. The number of carboxylic acid groups (broad SMARTS) is 1. The summed E-state index contributed by atoms with van der Waals surface area (Å²) in [6.07, 6.45) is 1.96. The Morgan fingerprint density at radius 2 is 1.62 bits per heavy atom. The van der Waals surface area contributed by atoms with Crippen molar-refractivity contribution in [2.75, 3.05) is 19.7 Å². The van der Waals surface area contributed by atoms with Crippen LogP contribution in [-0.2, 0) is 25.6 Å². The van der Waals surface area contributed by atoms with Crippen LogP contribution in [-0.4, -0.2) is 65.7 Å². The van der Waals surface area contributed by atoms with Gasteiger partial charge in [0.05, 0.1) is 12.5 Å². The first kappa shape index (κ1) is 27.1. The molecule has 0 fully saturated rings. The van der Waals surface area contributed by atoms with Crippen molar-refractivity contribution in [1.29, 1.82) is 0 Å². The van der Waals surface area contributed by atoms with Gasteiger partial charge in [0.25, 0.3) is 0 Å². The molecular formula is C22H34N4O6. The zero-order valence-electron chi connectivity index (χ0n) is 18.4. The molecule has 178 valence electrons. The van der Waals surface area contributed by atoms with Crippen LogP contribution >= 0.6 is 0 Å². The van der Waals surface area contributed by atoms with Crippen LogP contribution in [0.4, 0.5) is 0 Å². The van der Waals surface area contributed by atoms with Gasteiger partial charge in [0, 0.05) is 25.9 Å². The zero-order chi connectivity index (χ0) is 23.9. The van der Waals surface area contributed by atoms with Crippen molar-refractivity contribution < 1.29 is 29.4 Å². The Morgan fingerprint density at radius 1 is 1.00 bits per heavy atom. The Hall–Kier alpha value is -2.98. The number of carboxylic acids is 1. The van der Waals surface area contributed by atoms with E-state index in [4.69, 9.17) is 15.9 Å². The summed E-state index contributed by atoms with van der Waals surface area (Å²) in [6, 6.07) is 7.27. The smallest absolute Gasteiger partial charge is 0.306 e. The number of hydrogen-bond acceptors (Lipinski definition) is 6. The molecule has 1 aromatic carbocycles. The number of carbonyl (C=O) groups excluding carboxylic acids is 3. The number of benzene rings is 1. The molecule has 1 rings (SSSR count). The topological polar surface area (TPSA) is 171 Å². The molecule has 0 aromatic heterocycles. The molecule has 0 aliphatic carbocycles. The molecule has 10 nitrogen and oxygen atoms in total. The van der Waals surface area contributed by atoms with Crippen molar-refractivity contribution in [2.45, 2.75) is 51.1 Å². The highest BCUT2D eigenvalue weighted by atomic mass is 16.4. The molecule has 0 saturated heterocycles. The van der Waals surface area contributed by atoms with E-state index in [2.05, 4.69) is 16.0 Å². The van der Waals surface area contributed by atoms with E-state index in [0.29, 0.717) is 25.9 Å². The minimum atomic E-state index is -1.11. The van der Waals surface area contributed by atoms with Gasteiger partial charge >= 0.3 is 5.97 Å². The second-order valence-corrected chi connectivity index (χ2v) is 7.67. The fourth-order valence-corrected chi connectivity index (χ4v) is 2.79. The van der Waals surface area contributed by atoms with Crippen LogP contribution in [0.25, 0.3) is 0 Å². The lowest BCUT2D eigenvalue weighted by atomic mass is 10.0. The van der Waals surface area contributed by atoms with Crippen LogP contribution in [0.3, 0.4) is 0 Å². The summed E-state index contributed by atoms with van der Waals surface area (Å²) in [5, 5.41) is 25.9. The van der Waals surface area contributed by atoms with E-state index in [1.165, 1.54) is 0 Å². The van der Waals surface area contributed by atoms with E-state index < -0.39 is 36.5 Å². The molecule has 7 N–H and O–H groups in total. The third-order valence-electron chi connectivity index (χ3n) is 4.90. The fraction of sp³-hybridized carbons (Fsp3) is 0.545. The second kappa shape index (κ2) is 14.9. The largest absolute Gasteiger partial charge is 0.481 e. The lowest BCUT2D eigenvalue weighted by Crippen LogP contribution is -2.53. The number of amides is 3. The van der Waals surface area contributed by atoms with Crippen molar-refractivity contribution in [3.05, 3.63) is 35.9 Å². The molecular weight excluding hydrogens is 416 g/mol. The van der Waals surface area contributed by atoms with Gasteiger partial charge in [0.15, 0.2) is 0 Å². The predicted molar refractivity (Wildman–Crippen MR) is 118 cm³/mol. The van der Waals surface area contributed by atoms with E-state index in [-0.39, 0.29) is 31.1 Å². The predicted octanol–water partition coefficient (Wildman–Crippen LogP) is -0.453. The summed E-state index contributed by atoms with van der Waals surface area (Å²) in [7, 11) is 0. The average molecular weight is 451 g/mol. The highest BCUT2D eigenvalue weighted by molar-refractivity contribution is 5.89. The number of aliphatic hydroxyl groups is 1. The Morgan fingerprint density at radius 3 is 2.22 bits per heavy atom. The van der Waals surface area contributed by atoms with Gasteiger partial charge in [0.1, 0.15) is 12.1 Å². The average Bonchev–Trinajstić information content (AvgIpc) is 2.78. The Kier molecular flexibility index (Phi) is 12.6. The molecule has 3 amide bonds. The summed E-state index contributed by atoms with van der Waals surface area (Å²) in [5.41, 5.74) is 6.40. The standard InChI is InChI=1S/C22H34N4O6/c1-15(22(31)32)9-10-19(28)24-11-5-6-12-25-21(30)18(26-20(29)17(23)14-27)13-16-7-3-2-4-8-16/h2-4,7-8,15,17-18,27H,5-6,9-14,23H2,1H3,(H,24,28)(H,25,30)(H,26,29)(H,31,32). The molecule has 0 spiro atoms. The Balaban J connectivity index is 2.39. The first-order chi connectivity index (χ1) is 15.2. The SMILES string of the molecule is CC(CCC(=O)NCCCCNC(=O)C(Cc1ccccc1)NC(=O)C(N)CO)C(=O)O. The third-order valence-corrected chi connectivity index (χ3v) is 4.90. The first-order valence-electron chi connectivity index (χ1n) is 10.7. The summed E-state index contributed by atoms with van der Waals surface area (Å²) in [4.78, 5) is 47.1. The van der Waals surface area contributed by atoms with Gasteiger partial charge in [-0.2, -0.15) is 0 Å². The van der Waals surface area contributed by atoms with Crippen molar-refractivity contribution in [3.63, 3.8) is 0 Å². The molecule has 10 heteroatoms. The minimum Gasteiger partial charge on any atom is -0.481 e. The minimum absolute atomic E-state index is 0.154. The van der Waals surface area contributed by atoms with Crippen LogP contribution in [0.15, 0.2) is 30.3 Å². The molecule has 1 aromatic rings. The Bertz CT molecular complexity index is 743. The number of aliphatic hydroxyl groups excluding tert-OH is 1. The summed E-state index contributed by atoms with van der Waals surface area (Å²) in [5.74, 6) is -2.66. The monoisotopic (exact) mass is 450 g/mol. The van der Waals surface area contributed by atoms with Gasteiger partial charge in [-0.05, 0) is 24.8 Å². The van der Waals surface area contributed by atoms with E-state index in [1.54, 1.807) is 6.92 Å². The van der Waals surface area contributed by atoms with Gasteiger partial charge in [-0.15, -0.1) is 0 Å². The molecule has 0 bridgehead atoms. The van der Waals surface area contributed by atoms with Gasteiger partial charge in [-0.3, -0.25) is 19.2 Å². The third kappa shape index (κ3) is 10.9. The van der Waals surface area contributed by atoms with Crippen molar-refractivity contribution in [2.24, 2.45) is 11.7 Å². The van der Waals surface area contributed by atoms with E-state index in [1.807, 2.05) is 30.3 Å². The van der Waals surface area contributed by atoms with Crippen LogP contribution in [0.5, 0.6) is 0 Å². The summed E-state index contributed by atoms with van der Waals surface area (Å²) >= 11 is 0. The van der Waals surface area contributed by atoms with E-state index >= 15 is 0 Å². The zero-order valence-corrected chi connectivity index (χ0v) is 18.4. The molecule has 32 heavy (non-hydrogen) atoms. The molecule has 0 heterocycles. The van der Waals surface area contributed by atoms with E-state index in [9.17, 15) is 19.2 Å². The maximum absolute atomic E-state index is 12.6. The van der Waals surface area contributed by atoms with Gasteiger partial charge < -0.3 is 31.9 Å². The van der Waals surface area contributed by atoms with Gasteiger partial charge in [-0.1, -0.05) is 37.3 Å². The number of rotatable bonds is 15. The second-order valence-electron chi connectivity index (χ2n) is 7.67. The van der Waals surface area contributed by atoms with Crippen LogP contribution in [0.2, 0.25) is 0 Å². The van der Waals surface area contributed by atoms with Crippen molar-refractivity contribution >= 4 is 23.7 Å². The molecule has 3 unspecified atom stereocenters. The number of carbonyl (C=O) groups is 4. The molecule has 0 saturated carbocycles. The molecule has 0 aliphatic rings. The van der Waals surface area contributed by atoms with Crippen LogP contribution < -0.4 is 21.7 Å². The summed E-state index contributed by atoms with van der Waals surface area (Å²) in [6.45, 7) is 1.82. The number of unbranched alkanes of at least 4 members (excludes halogenated alkanes) is 1. The van der Waals surface area contributed by atoms with Crippen LogP contribution in [0, 0.1) is 5.92 Å². The lowest BCUT2D eigenvalue weighted by Gasteiger charge is -2.20. The number of aliphatic carboxylic acids is 1. The quantitative estimate of drug-likeness (QED) is 0.196. The van der Waals surface area contributed by atoms with Crippen molar-refractivity contribution in [3.8, 4) is 0 Å². The van der Waals surface area contributed by atoms with Gasteiger partial charge in [-0.25, -0.2) is 0 Å².